The van der Waals surface area contributed by atoms with E-state index in [0.29, 0.717) is 24.1 Å². The number of imidazole rings is 1. The first-order chi connectivity index (χ1) is 20.2. The number of carboxylic acid groups (broad SMARTS) is 2. The molecule has 0 spiro atoms. The molecule has 1 saturated heterocycles. The Morgan fingerprint density at radius 3 is 2.33 bits per heavy atom. The van der Waals surface area contributed by atoms with Gasteiger partial charge in [-0.25, -0.2) is 19.6 Å². The summed E-state index contributed by atoms with van der Waals surface area (Å²) in [6.45, 7) is 5.15. The molecule has 0 bridgehead atoms. The molecule has 0 aliphatic carbocycles. The van der Waals surface area contributed by atoms with Gasteiger partial charge in [0.15, 0.2) is 11.7 Å². The number of likely N-dealkylation sites (tertiary alicyclic amines) is 1. The number of fused-ring (bicyclic) bond motifs is 1. The number of aliphatic carboxylic acids is 2. The maximum absolute atomic E-state index is 12.8. The van der Waals surface area contributed by atoms with Crippen molar-refractivity contribution in [1.82, 2.24) is 19.4 Å². The summed E-state index contributed by atoms with van der Waals surface area (Å²) in [7, 11) is 0. The fraction of sp³-hybridized carbons (Fsp3) is 0.333. The monoisotopic (exact) mass is 589 g/mol. The maximum Gasteiger partial charge on any atom is 0.414 e. The van der Waals surface area contributed by atoms with Crippen LogP contribution in [0, 0.1) is 24.2 Å². The van der Waals surface area contributed by atoms with Crippen LogP contribution in [0.5, 0.6) is 5.75 Å². The lowest BCUT2D eigenvalue weighted by atomic mass is 9.95. The third-order valence-electron chi connectivity index (χ3n) is 6.89. The second-order valence-electron chi connectivity index (χ2n) is 9.91. The van der Waals surface area contributed by atoms with Crippen LogP contribution in [0.3, 0.4) is 0 Å². The first-order valence-corrected chi connectivity index (χ1v) is 14.3. The second kappa shape index (κ2) is 14.3. The first kappa shape index (κ1) is 30.4. The molecule has 1 aliphatic rings. The van der Waals surface area contributed by atoms with Gasteiger partial charge in [-0.2, -0.15) is 5.26 Å². The number of para-hydroxylation sites is 3. The van der Waals surface area contributed by atoms with Crippen LogP contribution in [0.1, 0.15) is 35.3 Å². The van der Waals surface area contributed by atoms with Crippen molar-refractivity contribution < 1.29 is 29.3 Å². The number of carbonyl (C=O) groups is 3. The van der Waals surface area contributed by atoms with Crippen molar-refractivity contribution in [2.75, 3.05) is 19.6 Å². The number of ether oxygens (including phenoxy) is 1. The molecule has 12 heteroatoms. The molecular weight excluding hydrogens is 558 g/mol. The van der Waals surface area contributed by atoms with Crippen LogP contribution < -0.4 is 4.74 Å². The number of piperidine rings is 1. The van der Waals surface area contributed by atoms with Gasteiger partial charge in [0.2, 0.25) is 0 Å². The van der Waals surface area contributed by atoms with E-state index in [4.69, 9.17) is 29.5 Å². The first-order valence-electron chi connectivity index (χ1n) is 13.4. The summed E-state index contributed by atoms with van der Waals surface area (Å²) in [5, 5.41) is 26.8. The van der Waals surface area contributed by atoms with Crippen LogP contribution in [0.2, 0.25) is 0 Å². The van der Waals surface area contributed by atoms with Crippen LogP contribution in [0.25, 0.3) is 11.0 Å². The van der Waals surface area contributed by atoms with Gasteiger partial charge in [0.05, 0.1) is 23.6 Å². The summed E-state index contributed by atoms with van der Waals surface area (Å²) >= 11 is 1.39. The minimum atomic E-state index is -1.82. The Morgan fingerprint density at radius 1 is 1.05 bits per heavy atom. The zero-order valence-electron chi connectivity index (χ0n) is 23.0. The molecule has 4 aromatic rings. The van der Waals surface area contributed by atoms with Crippen molar-refractivity contribution >= 4 is 40.1 Å². The molecule has 1 aliphatic heterocycles. The zero-order chi connectivity index (χ0) is 30.1. The minimum Gasteiger partial charge on any atom is -0.486 e. The van der Waals surface area contributed by atoms with Crippen molar-refractivity contribution in [2.24, 2.45) is 5.92 Å². The Balaban J connectivity index is 0.000000612. The number of hydrogen-bond acceptors (Lipinski definition) is 9. The third-order valence-corrected chi connectivity index (χ3v) is 7.92. The average Bonchev–Trinajstić information content (AvgIpc) is 3.57. The number of ketones is 1. The molecule has 1 unspecified atom stereocenters. The molecule has 1 fully saturated rings. The molecule has 0 radical (unpaired) electrons. The van der Waals surface area contributed by atoms with E-state index in [9.17, 15) is 10.1 Å². The van der Waals surface area contributed by atoms with E-state index in [1.807, 2.05) is 60.8 Å². The number of aryl methyl sites for hydroxylation is 1. The third kappa shape index (κ3) is 7.99. The highest BCUT2D eigenvalue weighted by molar-refractivity contribution is 7.09. The van der Waals surface area contributed by atoms with E-state index in [1.165, 1.54) is 11.3 Å². The zero-order valence-corrected chi connectivity index (χ0v) is 23.9. The van der Waals surface area contributed by atoms with Crippen LogP contribution in [-0.2, 0) is 27.5 Å². The van der Waals surface area contributed by atoms with E-state index in [0.717, 1.165) is 60.8 Å². The number of carbonyl (C=O) groups excluding carboxylic acids is 1. The molecule has 218 valence electrons. The summed E-state index contributed by atoms with van der Waals surface area (Å²) in [5.41, 5.74) is 2.95. The van der Waals surface area contributed by atoms with Gasteiger partial charge in [-0.1, -0.05) is 30.3 Å². The normalized spacial score (nSPS) is 14.4. The molecule has 2 N–H and O–H groups in total. The Morgan fingerprint density at radius 2 is 1.71 bits per heavy atom. The summed E-state index contributed by atoms with van der Waals surface area (Å²) in [4.78, 5) is 42.4. The van der Waals surface area contributed by atoms with Crippen LogP contribution in [-0.4, -0.2) is 67.0 Å². The van der Waals surface area contributed by atoms with Gasteiger partial charge in [-0.3, -0.25) is 9.69 Å². The van der Waals surface area contributed by atoms with E-state index in [-0.39, 0.29) is 5.78 Å². The number of hydrogen-bond donors (Lipinski definition) is 2. The number of nitrogens with zero attached hydrogens (tertiary/aromatic N) is 5. The van der Waals surface area contributed by atoms with Crippen molar-refractivity contribution in [3.8, 4) is 11.8 Å². The summed E-state index contributed by atoms with van der Waals surface area (Å²) in [6.07, 6.45) is 1.98. The molecule has 0 saturated carbocycles. The van der Waals surface area contributed by atoms with Crippen LogP contribution in [0.4, 0.5) is 0 Å². The summed E-state index contributed by atoms with van der Waals surface area (Å²) in [5.74, 6) is -2.24. The second-order valence-corrected chi connectivity index (χ2v) is 10.8. The number of Topliss-reactive ketones (excluding diaryl/α,β-unsaturated/α-hetero) is 1. The van der Waals surface area contributed by atoms with E-state index in [2.05, 4.69) is 26.6 Å². The number of rotatable bonds is 9. The van der Waals surface area contributed by atoms with Crippen molar-refractivity contribution in [3.05, 3.63) is 76.5 Å². The van der Waals surface area contributed by atoms with Gasteiger partial charge < -0.3 is 19.5 Å². The lowest BCUT2D eigenvalue weighted by Crippen LogP contribution is -2.39. The largest absolute Gasteiger partial charge is 0.486 e. The molecule has 5 rings (SSSR count). The quantitative estimate of drug-likeness (QED) is 0.272. The number of benzene rings is 2. The Labute approximate surface area is 246 Å². The molecule has 1 atom stereocenters. The molecule has 42 heavy (non-hydrogen) atoms. The topological polar surface area (TPSA) is 159 Å². The predicted molar refractivity (Wildman–Crippen MR) is 155 cm³/mol. The standard InChI is InChI=1S/C28H29N5O2S.C2H2O4/c1-20-19-36-28(30-20)23(15-29)26(34)17-32-13-11-21(12-14-32)16-33-25-10-6-5-9-24(25)31-27(33)18-35-22-7-3-2-4-8-22;3-1(4)2(5)6/h2-10,19,21,23H,11-14,16-18H2,1H3;(H,3,4)(H,5,6). The lowest BCUT2D eigenvalue weighted by Gasteiger charge is -2.32. The average molecular weight is 590 g/mol. The van der Waals surface area contributed by atoms with Gasteiger partial charge in [-0.15, -0.1) is 11.3 Å². The summed E-state index contributed by atoms with van der Waals surface area (Å²) in [6, 6.07) is 20.2. The Kier molecular flexibility index (Phi) is 10.4. The van der Waals surface area contributed by atoms with Gasteiger partial charge in [0.1, 0.15) is 23.2 Å². The van der Waals surface area contributed by atoms with Crippen LogP contribution >= 0.6 is 11.3 Å². The highest BCUT2D eigenvalue weighted by Gasteiger charge is 2.28. The van der Waals surface area contributed by atoms with Gasteiger partial charge in [0.25, 0.3) is 0 Å². The highest BCUT2D eigenvalue weighted by Crippen LogP contribution is 2.26. The number of aromatic nitrogens is 3. The minimum absolute atomic E-state index is 0.0637. The molecule has 3 heterocycles. The molecule has 11 nitrogen and oxygen atoms in total. The fourth-order valence-corrected chi connectivity index (χ4v) is 5.63. The molecule has 2 aromatic carbocycles. The fourth-order valence-electron chi connectivity index (χ4n) is 4.77. The van der Waals surface area contributed by atoms with E-state index >= 15 is 0 Å². The lowest BCUT2D eigenvalue weighted by molar-refractivity contribution is -0.159. The maximum atomic E-state index is 12.8. The van der Waals surface area contributed by atoms with Crippen molar-refractivity contribution in [1.29, 1.82) is 5.26 Å². The summed E-state index contributed by atoms with van der Waals surface area (Å²) < 4.78 is 8.32. The Hall–Kier alpha value is -4.60. The number of nitriles is 1. The number of thiazole rings is 1. The Bertz CT molecular complexity index is 1560. The molecule has 0 amide bonds. The smallest absolute Gasteiger partial charge is 0.414 e. The van der Waals surface area contributed by atoms with Gasteiger partial charge in [0, 0.05) is 17.6 Å². The van der Waals surface area contributed by atoms with E-state index in [1.54, 1.807) is 0 Å². The predicted octanol–water partition coefficient (Wildman–Crippen LogP) is 4.12. The molecular formula is C30H31N5O6S. The number of carboxylic acids is 2. The van der Waals surface area contributed by atoms with Crippen molar-refractivity contribution in [3.63, 3.8) is 0 Å². The van der Waals surface area contributed by atoms with Gasteiger partial charge >= 0.3 is 11.9 Å². The van der Waals surface area contributed by atoms with Crippen molar-refractivity contribution in [2.45, 2.75) is 38.8 Å². The van der Waals surface area contributed by atoms with E-state index < -0.39 is 17.9 Å². The van der Waals surface area contributed by atoms with Gasteiger partial charge in [-0.05, 0) is 63.0 Å². The molecule has 2 aromatic heterocycles. The highest BCUT2D eigenvalue weighted by atomic mass is 32.1. The van der Waals surface area contributed by atoms with Crippen LogP contribution in [0.15, 0.2) is 60.0 Å². The SMILES string of the molecule is Cc1csc(C(C#N)C(=O)CN2CCC(Cn3c(COc4ccccc4)nc4ccccc43)CC2)n1.O=C(O)C(=O)O.